The van der Waals surface area contributed by atoms with Gasteiger partial charge in [-0.2, -0.15) is 13.2 Å². The van der Waals surface area contributed by atoms with Crippen LogP contribution in [0.2, 0.25) is 5.02 Å². The number of alkyl halides is 3. The molecule has 0 bridgehead atoms. The van der Waals surface area contributed by atoms with Crippen LogP contribution in [0, 0.1) is 11.6 Å². The molecule has 2 aromatic rings. The number of anilines is 2. The summed E-state index contributed by atoms with van der Waals surface area (Å²) < 4.78 is 73.2. The van der Waals surface area contributed by atoms with Crippen molar-refractivity contribution in [3.8, 4) is 5.75 Å². The second-order valence-corrected chi connectivity index (χ2v) is 8.05. The summed E-state index contributed by atoms with van der Waals surface area (Å²) in [6.07, 6.45) is -7.24. The molecule has 34 heavy (non-hydrogen) atoms. The summed E-state index contributed by atoms with van der Waals surface area (Å²) in [5, 5.41) is 14.3. The molecule has 184 valence electrons. The first kappa shape index (κ1) is 25.6. The minimum absolute atomic E-state index is 0.165. The van der Waals surface area contributed by atoms with Crippen molar-refractivity contribution in [2.75, 3.05) is 23.7 Å². The number of carbonyl (C=O) groups excluding carboxylic acids is 1. The van der Waals surface area contributed by atoms with Crippen molar-refractivity contribution >= 4 is 28.9 Å². The molecule has 0 aromatic heterocycles. The van der Waals surface area contributed by atoms with Gasteiger partial charge in [0.1, 0.15) is 17.4 Å². The molecule has 3 rings (SSSR count). The van der Waals surface area contributed by atoms with E-state index in [0.717, 1.165) is 19.1 Å². The monoisotopic (exact) mass is 505 g/mol. The van der Waals surface area contributed by atoms with Crippen LogP contribution in [-0.2, 0) is 0 Å². The molecule has 1 aliphatic rings. The molecular weight excluding hydrogens is 485 g/mol. The van der Waals surface area contributed by atoms with Crippen molar-refractivity contribution in [2.24, 2.45) is 0 Å². The number of nitrogens with one attached hydrogen (secondary N) is 2. The predicted octanol–water partition coefficient (Wildman–Crippen LogP) is 5.15. The Bertz CT molecular complexity index is 1080. The number of benzene rings is 2. The van der Waals surface area contributed by atoms with Crippen molar-refractivity contribution < 1.29 is 36.6 Å². The van der Waals surface area contributed by atoms with Crippen molar-refractivity contribution in [1.82, 2.24) is 4.90 Å². The summed E-state index contributed by atoms with van der Waals surface area (Å²) in [6.45, 7) is 5.15. The Balaban J connectivity index is 1.94. The van der Waals surface area contributed by atoms with E-state index in [4.69, 9.17) is 16.3 Å². The molecule has 1 fully saturated rings. The topological polar surface area (TPSA) is 73.8 Å². The van der Waals surface area contributed by atoms with E-state index >= 15 is 0 Å². The summed E-state index contributed by atoms with van der Waals surface area (Å²) >= 11 is 5.88. The quantitative estimate of drug-likeness (QED) is 0.454. The van der Waals surface area contributed by atoms with Gasteiger partial charge in [-0.3, -0.25) is 4.79 Å². The van der Waals surface area contributed by atoms with E-state index in [2.05, 4.69) is 17.2 Å². The molecular formula is C22H21ClF5N3O3. The zero-order chi connectivity index (χ0) is 25.2. The van der Waals surface area contributed by atoms with Gasteiger partial charge in [0.05, 0.1) is 33.9 Å². The Morgan fingerprint density at radius 3 is 2.56 bits per heavy atom. The van der Waals surface area contributed by atoms with E-state index in [0.29, 0.717) is 19.0 Å². The first-order chi connectivity index (χ1) is 15.9. The van der Waals surface area contributed by atoms with Gasteiger partial charge in [0.2, 0.25) is 0 Å². The van der Waals surface area contributed by atoms with Gasteiger partial charge in [-0.1, -0.05) is 24.2 Å². The second-order valence-electron chi connectivity index (χ2n) is 7.64. The van der Waals surface area contributed by atoms with E-state index in [-0.39, 0.29) is 23.1 Å². The van der Waals surface area contributed by atoms with Crippen LogP contribution < -0.4 is 15.4 Å². The minimum atomic E-state index is -4.78. The normalized spacial score (nSPS) is 16.8. The van der Waals surface area contributed by atoms with E-state index in [1.54, 1.807) is 4.90 Å². The Hall–Kier alpha value is -3.05. The van der Waals surface area contributed by atoms with Gasteiger partial charge in [-0.05, 0) is 31.5 Å². The summed E-state index contributed by atoms with van der Waals surface area (Å²) in [5.41, 5.74) is -1.34. The summed E-state index contributed by atoms with van der Waals surface area (Å²) in [5.74, 6) is -3.44. The maximum atomic E-state index is 14.9. The highest BCUT2D eigenvalue weighted by atomic mass is 35.5. The fraction of sp³-hybridized carbons (Fsp3) is 0.318. The second kappa shape index (κ2) is 10.1. The zero-order valence-corrected chi connectivity index (χ0v) is 18.6. The molecule has 3 N–H and O–H groups in total. The van der Waals surface area contributed by atoms with E-state index in [1.807, 2.05) is 0 Å². The average Bonchev–Trinajstić information content (AvgIpc) is 3.18. The fourth-order valence-electron chi connectivity index (χ4n) is 3.20. The fourth-order valence-corrected chi connectivity index (χ4v) is 3.41. The number of aliphatic hydroxyl groups excluding tert-OH is 1. The number of para-hydroxylation sites is 1. The summed E-state index contributed by atoms with van der Waals surface area (Å²) in [4.78, 5) is 14.4. The molecule has 0 aliphatic carbocycles. The Labute approximate surface area is 197 Å². The van der Waals surface area contributed by atoms with Crippen molar-refractivity contribution in [1.29, 1.82) is 0 Å². The Morgan fingerprint density at radius 2 is 1.97 bits per heavy atom. The van der Waals surface area contributed by atoms with Crippen LogP contribution in [0.3, 0.4) is 0 Å². The minimum Gasteiger partial charge on any atom is -0.480 e. The van der Waals surface area contributed by atoms with Gasteiger partial charge in [-0.15, -0.1) is 0 Å². The van der Waals surface area contributed by atoms with Gasteiger partial charge >= 0.3 is 6.18 Å². The highest BCUT2D eigenvalue weighted by Crippen LogP contribution is 2.33. The molecule has 2 atom stereocenters. The maximum Gasteiger partial charge on any atom is 0.425 e. The van der Waals surface area contributed by atoms with E-state index in [9.17, 15) is 31.9 Å². The number of ether oxygens (including phenoxy) is 1. The van der Waals surface area contributed by atoms with E-state index in [1.165, 1.54) is 12.1 Å². The Kier molecular flexibility index (Phi) is 7.57. The number of carbonyl (C=O) groups is 1. The summed E-state index contributed by atoms with van der Waals surface area (Å²) in [7, 11) is 0. The molecule has 1 unspecified atom stereocenters. The third-order valence-corrected chi connectivity index (χ3v) is 5.42. The number of hydrogen-bond acceptors (Lipinski definition) is 5. The first-order valence-electron chi connectivity index (χ1n) is 10.1. The van der Waals surface area contributed by atoms with Crippen molar-refractivity contribution in [3.05, 3.63) is 65.0 Å². The molecule has 1 aliphatic heterocycles. The summed E-state index contributed by atoms with van der Waals surface area (Å²) in [6, 6.07) is 5.14. The number of aliphatic hydroxyl groups is 1. The lowest BCUT2D eigenvalue weighted by Gasteiger charge is -2.24. The first-order valence-corrected chi connectivity index (χ1v) is 10.5. The number of β-amino-alcohol motifs (C(OH)–C–C–N with tert-alkyl or cyclic N) is 1. The lowest BCUT2D eigenvalue weighted by atomic mass is 10.1. The molecule has 0 saturated carbocycles. The number of hydrogen-bond donors (Lipinski definition) is 3. The standard InChI is InChI=1S/C22H21ClF5N3O3/c1-11(22(26,27)28)34-19-9-18(29-12(2)31-7-6-13(32)10-31)17(25)8-14(19)21(33)30-20-15(23)4-3-5-16(20)24/h3-5,8-9,11,13,29,32H,2,6-7,10H2,1H3,(H,30,33)/t11-,13?/m0/s1. The lowest BCUT2D eigenvalue weighted by Crippen LogP contribution is -2.32. The molecule has 1 amide bonds. The number of likely N-dealkylation sites (tertiary alicyclic amines) is 1. The molecule has 1 heterocycles. The Morgan fingerprint density at radius 1 is 1.26 bits per heavy atom. The third-order valence-electron chi connectivity index (χ3n) is 5.10. The van der Waals surface area contributed by atoms with Crippen LogP contribution in [-0.4, -0.2) is 47.4 Å². The van der Waals surface area contributed by atoms with E-state index < -0.39 is 52.9 Å². The number of nitrogens with zero attached hydrogens (tertiary/aromatic N) is 1. The van der Waals surface area contributed by atoms with Crippen molar-refractivity contribution in [3.63, 3.8) is 0 Å². The number of halogens is 6. The highest BCUT2D eigenvalue weighted by molar-refractivity contribution is 6.34. The molecule has 0 radical (unpaired) electrons. The average molecular weight is 506 g/mol. The molecule has 6 nitrogen and oxygen atoms in total. The van der Waals surface area contributed by atoms with Gasteiger partial charge in [-0.25, -0.2) is 8.78 Å². The van der Waals surface area contributed by atoms with Gasteiger partial charge < -0.3 is 25.4 Å². The SMILES string of the molecule is C=C(Nc1cc(O[C@@H](C)C(F)(F)F)c(C(=O)Nc2c(F)cccc2Cl)cc1F)N1CCC(O)C1. The van der Waals surface area contributed by atoms with Crippen LogP contribution >= 0.6 is 11.6 Å². The third kappa shape index (κ3) is 5.89. The van der Waals surface area contributed by atoms with Crippen LogP contribution in [0.25, 0.3) is 0 Å². The zero-order valence-electron chi connectivity index (χ0n) is 17.8. The number of rotatable bonds is 7. The largest absolute Gasteiger partial charge is 0.480 e. The van der Waals surface area contributed by atoms with Crippen LogP contribution in [0.5, 0.6) is 5.75 Å². The smallest absolute Gasteiger partial charge is 0.425 e. The highest BCUT2D eigenvalue weighted by Gasteiger charge is 2.39. The van der Waals surface area contributed by atoms with Gasteiger partial charge in [0, 0.05) is 19.2 Å². The number of amides is 1. The van der Waals surface area contributed by atoms with Crippen LogP contribution in [0.15, 0.2) is 42.7 Å². The molecule has 0 spiro atoms. The maximum absolute atomic E-state index is 14.9. The van der Waals surface area contributed by atoms with Crippen molar-refractivity contribution in [2.45, 2.75) is 31.7 Å². The van der Waals surface area contributed by atoms with Gasteiger partial charge in [0.15, 0.2) is 6.10 Å². The van der Waals surface area contributed by atoms with Crippen LogP contribution in [0.4, 0.5) is 33.3 Å². The molecule has 2 aromatic carbocycles. The molecule has 12 heteroatoms. The van der Waals surface area contributed by atoms with Crippen LogP contribution in [0.1, 0.15) is 23.7 Å². The lowest BCUT2D eigenvalue weighted by molar-refractivity contribution is -0.189. The van der Waals surface area contributed by atoms with Gasteiger partial charge in [0.25, 0.3) is 5.91 Å². The predicted molar refractivity (Wildman–Crippen MR) is 117 cm³/mol. The molecule has 1 saturated heterocycles.